The predicted molar refractivity (Wildman–Crippen MR) is 69.2 cm³/mol. The minimum atomic E-state index is -1.05. The Morgan fingerprint density at radius 2 is 2.06 bits per heavy atom. The lowest BCUT2D eigenvalue weighted by Gasteiger charge is -2.06. The number of rotatable bonds is 3. The molecule has 1 aromatic carbocycles. The van der Waals surface area contributed by atoms with Crippen molar-refractivity contribution >= 4 is 28.6 Å². The number of hydrogen-bond acceptors (Lipinski definition) is 2. The Kier molecular flexibility index (Phi) is 3.17. The van der Waals surface area contributed by atoms with E-state index < -0.39 is 5.97 Å². The minimum Gasteiger partial charge on any atom is -0.480 e. The fourth-order valence-corrected chi connectivity index (χ4v) is 2.21. The van der Waals surface area contributed by atoms with Gasteiger partial charge in [0.25, 0.3) is 0 Å². The first kappa shape index (κ1) is 12.7. The summed E-state index contributed by atoms with van der Waals surface area (Å²) in [6.45, 7) is 3.39. The maximum atomic E-state index is 12.2. The molecule has 0 aliphatic rings. The largest absolute Gasteiger partial charge is 0.480 e. The van der Waals surface area contributed by atoms with Crippen LogP contribution in [0.25, 0.3) is 11.0 Å². The van der Waals surface area contributed by atoms with Gasteiger partial charge in [0, 0.05) is 11.1 Å². The van der Waals surface area contributed by atoms with Gasteiger partial charge in [0.05, 0.1) is 11.0 Å². The smallest absolute Gasteiger partial charge is 0.329 e. The zero-order valence-electron chi connectivity index (χ0n) is 10.1. The molecule has 0 fully saturated rings. The van der Waals surface area contributed by atoms with Gasteiger partial charge in [0.1, 0.15) is 6.54 Å². The maximum absolute atomic E-state index is 12.2. The van der Waals surface area contributed by atoms with Gasteiger partial charge in [-0.15, -0.1) is 0 Å². The Bertz CT molecular complexity index is 670. The average Bonchev–Trinajstić information content (AvgIpc) is 2.50. The summed E-state index contributed by atoms with van der Waals surface area (Å²) in [5.74, 6) is -1.05. The van der Waals surface area contributed by atoms with Crippen molar-refractivity contribution in [2.24, 2.45) is 0 Å². The zero-order chi connectivity index (χ0) is 13.4. The molecule has 1 aromatic heterocycles. The molecule has 0 aliphatic carbocycles. The van der Waals surface area contributed by atoms with Crippen molar-refractivity contribution in [3.8, 4) is 0 Å². The van der Waals surface area contributed by atoms with E-state index in [9.17, 15) is 9.59 Å². The molecule has 5 nitrogen and oxygen atoms in total. The van der Waals surface area contributed by atoms with Crippen LogP contribution >= 0.6 is 11.6 Å². The summed E-state index contributed by atoms with van der Waals surface area (Å²) in [5.41, 5.74) is 0.911. The molecule has 1 heterocycles. The highest BCUT2D eigenvalue weighted by molar-refractivity contribution is 6.31. The Morgan fingerprint density at radius 1 is 1.39 bits per heavy atom. The maximum Gasteiger partial charge on any atom is 0.329 e. The highest BCUT2D eigenvalue weighted by Gasteiger charge is 2.16. The predicted octanol–water partition coefficient (Wildman–Crippen LogP) is 2.12. The van der Waals surface area contributed by atoms with E-state index in [0.717, 1.165) is 0 Å². The van der Waals surface area contributed by atoms with Crippen molar-refractivity contribution in [1.29, 1.82) is 0 Å². The Balaban J connectivity index is 2.83. The Labute approximate surface area is 108 Å². The fraction of sp³-hybridized carbons (Fsp3) is 0.333. The lowest BCUT2D eigenvalue weighted by Crippen LogP contribution is -2.27. The average molecular weight is 269 g/mol. The van der Waals surface area contributed by atoms with Gasteiger partial charge < -0.3 is 5.11 Å². The quantitative estimate of drug-likeness (QED) is 0.927. The topological polar surface area (TPSA) is 64.2 Å². The first-order valence-corrected chi connectivity index (χ1v) is 5.91. The van der Waals surface area contributed by atoms with Crippen molar-refractivity contribution in [2.45, 2.75) is 26.4 Å². The van der Waals surface area contributed by atoms with E-state index in [1.54, 1.807) is 22.8 Å². The molecule has 6 heteroatoms. The monoisotopic (exact) mass is 268 g/mol. The van der Waals surface area contributed by atoms with Gasteiger partial charge in [-0.05, 0) is 32.0 Å². The number of carbonyl (C=O) groups is 1. The second-order valence-electron chi connectivity index (χ2n) is 4.36. The van der Waals surface area contributed by atoms with Crippen LogP contribution in [0.15, 0.2) is 23.0 Å². The summed E-state index contributed by atoms with van der Waals surface area (Å²) in [4.78, 5) is 23.0. The van der Waals surface area contributed by atoms with Gasteiger partial charge >= 0.3 is 11.7 Å². The van der Waals surface area contributed by atoms with Crippen LogP contribution in [0, 0.1) is 0 Å². The van der Waals surface area contributed by atoms with Crippen LogP contribution in [0.5, 0.6) is 0 Å². The number of nitrogens with zero attached hydrogens (tertiary/aromatic N) is 2. The molecule has 0 amide bonds. The molecule has 18 heavy (non-hydrogen) atoms. The van der Waals surface area contributed by atoms with Gasteiger partial charge in [-0.2, -0.15) is 0 Å². The summed E-state index contributed by atoms with van der Waals surface area (Å²) in [6, 6.07) is 4.93. The van der Waals surface area contributed by atoms with E-state index in [0.29, 0.717) is 16.1 Å². The number of aromatic nitrogens is 2. The number of imidazole rings is 1. The normalized spacial score (nSPS) is 11.3. The lowest BCUT2D eigenvalue weighted by molar-refractivity contribution is -0.137. The molecule has 0 unspecified atom stereocenters. The molecular weight excluding hydrogens is 256 g/mol. The van der Waals surface area contributed by atoms with Gasteiger partial charge in [-0.3, -0.25) is 13.9 Å². The summed E-state index contributed by atoms with van der Waals surface area (Å²) >= 11 is 5.92. The Hall–Kier alpha value is -1.75. The van der Waals surface area contributed by atoms with Crippen molar-refractivity contribution in [3.63, 3.8) is 0 Å². The van der Waals surface area contributed by atoms with Crippen molar-refractivity contribution in [3.05, 3.63) is 33.7 Å². The van der Waals surface area contributed by atoms with Crippen LogP contribution in [0.3, 0.4) is 0 Å². The van der Waals surface area contributed by atoms with Crippen LogP contribution in [-0.4, -0.2) is 20.2 Å². The molecule has 0 spiro atoms. The summed E-state index contributed by atoms with van der Waals surface area (Å²) < 4.78 is 2.79. The minimum absolute atomic E-state index is 0.0616. The lowest BCUT2D eigenvalue weighted by atomic mass is 10.3. The number of carboxylic acid groups (broad SMARTS) is 1. The number of fused-ring (bicyclic) bond motifs is 1. The molecule has 1 N–H and O–H groups in total. The number of aliphatic carboxylic acids is 1. The van der Waals surface area contributed by atoms with Crippen molar-refractivity contribution in [1.82, 2.24) is 9.13 Å². The van der Waals surface area contributed by atoms with Crippen LogP contribution in [-0.2, 0) is 11.3 Å². The number of hydrogen-bond donors (Lipinski definition) is 1. The molecule has 0 saturated heterocycles. The summed E-state index contributed by atoms with van der Waals surface area (Å²) in [5, 5.41) is 9.38. The summed E-state index contributed by atoms with van der Waals surface area (Å²) in [7, 11) is 0. The van der Waals surface area contributed by atoms with E-state index in [1.165, 1.54) is 4.57 Å². The fourth-order valence-electron chi connectivity index (χ4n) is 2.04. The molecule has 0 atom stereocenters. The molecular formula is C12H13ClN2O3. The first-order valence-electron chi connectivity index (χ1n) is 5.54. The van der Waals surface area contributed by atoms with Gasteiger partial charge in [-0.1, -0.05) is 11.6 Å². The van der Waals surface area contributed by atoms with Crippen LogP contribution in [0.1, 0.15) is 19.9 Å². The highest BCUT2D eigenvalue weighted by Crippen LogP contribution is 2.21. The van der Waals surface area contributed by atoms with E-state index in [1.807, 2.05) is 13.8 Å². The van der Waals surface area contributed by atoms with Crippen LogP contribution < -0.4 is 5.69 Å². The van der Waals surface area contributed by atoms with Gasteiger partial charge in [0.2, 0.25) is 0 Å². The molecule has 2 rings (SSSR count). The first-order chi connectivity index (χ1) is 8.41. The van der Waals surface area contributed by atoms with E-state index >= 15 is 0 Å². The number of carboxylic acids is 1. The second kappa shape index (κ2) is 4.49. The molecule has 0 bridgehead atoms. The molecule has 2 aromatic rings. The summed E-state index contributed by atoms with van der Waals surface area (Å²) in [6.07, 6.45) is 0. The third-order valence-corrected chi connectivity index (χ3v) is 2.97. The van der Waals surface area contributed by atoms with Gasteiger partial charge in [0.15, 0.2) is 0 Å². The van der Waals surface area contributed by atoms with Crippen molar-refractivity contribution < 1.29 is 9.90 Å². The van der Waals surface area contributed by atoms with E-state index in [-0.39, 0.29) is 18.3 Å². The zero-order valence-corrected chi connectivity index (χ0v) is 10.8. The third kappa shape index (κ3) is 2.01. The van der Waals surface area contributed by atoms with Crippen molar-refractivity contribution in [2.75, 3.05) is 0 Å². The molecule has 0 saturated carbocycles. The third-order valence-electron chi connectivity index (χ3n) is 2.73. The highest BCUT2D eigenvalue weighted by atomic mass is 35.5. The second-order valence-corrected chi connectivity index (χ2v) is 4.80. The van der Waals surface area contributed by atoms with E-state index in [4.69, 9.17) is 16.7 Å². The number of benzene rings is 1. The van der Waals surface area contributed by atoms with E-state index in [2.05, 4.69) is 0 Å². The van der Waals surface area contributed by atoms with Gasteiger partial charge in [-0.25, -0.2) is 4.79 Å². The molecule has 0 radical (unpaired) electrons. The SMILES string of the molecule is CC(C)n1c(=O)n(CC(=O)O)c2ccc(Cl)cc21. The van der Waals surface area contributed by atoms with Crippen LogP contribution in [0.2, 0.25) is 5.02 Å². The Morgan fingerprint density at radius 3 is 2.61 bits per heavy atom. The molecule has 96 valence electrons. The standard InChI is InChI=1S/C12H13ClN2O3/c1-7(2)15-10-5-8(13)3-4-9(10)14(12(15)18)6-11(16)17/h3-5,7H,6H2,1-2H3,(H,16,17). The molecule has 0 aliphatic heterocycles. The van der Waals surface area contributed by atoms with Crippen LogP contribution in [0.4, 0.5) is 0 Å². The number of halogens is 1.